The second-order valence-corrected chi connectivity index (χ2v) is 5.79. The Morgan fingerprint density at radius 1 is 1.20 bits per heavy atom. The lowest BCUT2D eigenvalue weighted by Crippen LogP contribution is -2.38. The maximum atomic E-state index is 4.76. The second kappa shape index (κ2) is 6.89. The van der Waals surface area contributed by atoms with Crippen molar-refractivity contribution in [1.82, 2.24) is 14.9 Å². The van der Waals surface area contributed by atoms with Crippen LogP contribution in [0.2, 0.25) is 0 Å². The molecule has 0 bridgehead atoms. The molecule has 20 heavy (non-hydrogen) atoms. The van der Waals surface area contributed by atoms with E-state index >= 15 is 0 Å². The Morgan fingerprint density at radius 3 is 2.60 bits per heavy atom. The number of nitrogens with zero attached hydrogens (tertiary/aromatic N) is 2. The van der Waals surface area contributed by atoms with Gasteiger partial charge in [0.15, 0.2) is 0 Å². The van der Waals surface area contributed by atoms with E-state index in [1.54, 1.807) is 0 Å². The summed E-state index contributed by atoms with van der Waals surface area (Å²) in [7, 11) is 0. The van der Waals surface area contributed by atoms with Gasteiger partial charge in [-0.3, -0.25) is 0 Å². The molecule has 3 nitrogen and oxygen atoms in total. The molecule has 3 heteroatoms. The zero-order valence-corrected chi connectivity index (χ0v) is 13.2. The van der Waals surface area contributed by atoms with Gasteiger partial charge in [0, 0.05) is 19.0 Å². The van der Waals surface area contributed by atoms with Crippen LogP contribution in [0.5, 0.6) is 0 Å². The van der Waals surface area contributed by atoms with Gasteiger partial charge >= 0.3 is 0 Å². The van der Waals surface area contributed by atoms with Crippen LogP contribution in [0.25, 0.3) is 11.0 Å². The molecule has 1 N–H and O–H groups in total. The highest BCUT2D eigenvalue weighted by Gasteiger charge is 2.17. The van der Waals surface area contributed by atoms with E-state index in [0.717, 1.165) is 25.0 Å². The molecule has 2 rings (SSSR count). The van der Waals surface area contributed by atoms with E-state index in [4.69, 9.17) is 4.98 Å². The second-order valence-electron chi connectivity index (χ2n) is 5.79. The normalized spacial score (nSPS) is 13.2. The van der Waals surface area contributed by atoms with Crippen LogP contribution in [0.3, 0.4) is 0 Å². The number of aryl methyl sites for hydroxylation is 1. The number of rotatable bonds is 7. The molecule has 1 aromatic carbocycles. The van der Waals surface area contributed by atoms with Crippen molar-refractivity contribution in [1.29, 1.82) is 0 Å². The summed E-state index contributed by atoms with van der Waals surface area (Å²) in [6, 6.07) is 8.95. The van der Waals surface area contributed by atoms with Crippen molar-refractivity contribution in [2.24, 2.45) is 5.92 Å². The lowest BCUT2D eigenvalue weighted by atomic mass is 10.0. The fourth-order valence-corrected chi connectivity index (χ4v) is 2.64. The van der Waals surface area contributed by atoms with Crippen LogP contribution < -0.4 is 5.32 Å². The van der Waals surface area contributed by atoms with Crippen molar-refractivity contribution in [3.05, 3.63) is 30.1 Å². The van der Waals surface area contributed by atoms with Gasteiger partial charge in [-0.05, 0) is 31.0 Å². The van der Waals surface area contributed by atoms with E-state index in [1.807, 2.05) is 0 Å². The molecule has 0 aliphatic heterocycles. The van der Waals surface area contributed by atoms with E-state index in [2.05, 4.69) is 61.8 Å². The van der Waals surface area contributed by atoms with Crippen LogP contribution in [-0.2, 0) is 13.0 Å². The summed E-state index contributed by atoms with van der Waals surface area (Å²) < 4.78 is 2.39. The summed E-state index contributed by atoms with van der Waals surface area (Å²) in [4.78, 5) is 4.76. The fourth-order valence-electron chi connectivity index (χ4n) is 2.64. The molecule has 2 aromatic rings. The Bertz CT molecular complexity index is 542. The highest BCUT2D eigenvalue weighted by atomic mass is 15.1. The Balaban J connectivity index is 2.30. The van der Waals surface area contributed by atoms with Gasteiger partial charge in [-0.15, -0.1) is 0 Å². The maximum absolute atomic E-state index is 4.76. The van der Waals surface area contributed by atoms with Crippen molar-refractivity contribution in [2.75, 3.05) is 6.54 Å². The van der Waals surface area contributed by atoms with E-state index in [9.17, 15) is 0 Å². The zero-order chi connectivity index (χ0) is 14.5. The SMILES string of the molecule is CCCNC(Cn1c(CC)nc2ccccc21)C(C)C. The zero-order valence-electron chi connectivity index (χ0n) is 13.2. The third-order valence-electron chi connectivity index (χ3n) is 3.89. The molecule has 1 heterocycles. The molecule has 0 radical (unpaired) electrons. The smallest absolute Gasteiger partial charge is 0.109 e. The van der Waals surface area contributed by atoms with Gasteiger partial charge in [-0.2, -0.15) is 0 Å². The van der Waals surface area contributed by atoms with Gasteiger partial charge in [0.05, 0.1) is 11.0 Å². The van der Waals surface area contributed by atoms with Crippen molar-refractivity contribution in [3.63, 3.8) is 0 Å². The quantitative estimate of drug-likeness (QED) is 0.835. The Kier molecular flexibility index (Phi) is 5.18. The van der Waals surface area contributed by atoms with Crippen LogP contribution in [-0.4, -0.2) is 22.1 Å². The minimum Gasteiger partial charge on any atom is -0.326 e. The molecule has 110 valence electrons. The molecule has 0 aliphatic carbocycles. The number of hydrogen-bond acceptors (Lipinski definition) is 2. The van der Waals surface area contributed by atoms with Crippen LogP contribution >= 0.6 is 0 Å². The summed E-state index contributed by atoms with van der Waals surface area (Å²) in [6.45, 7) is 11.1. The molecule has 1 unspecified atom stereocenters. The standard InChI is InChI=1S/C17H27N3/c1-5-11-18-15(13(3)4)12-20-16-10-8-7-9-14(16)19-17(20)6-2/h7-10,13,15,18H,5-6,11-12H2,1-4H3. The Labute approximate surface area is 122 Å². The third-order valence-corrected chi connectivity index (χ3v) is 3.89. The first-order valence-electron chi connectivity index (χ1n) is 7.84. The summed E-state index contributed by atoms with van der Waals surface area (Å²) in [5, 5.41) is 3.67. The molecule has 0 spiro atoms. The van der Waals surface area contributed by atoms with E-state index in [1.165, 1.54) is 17.8 Å². The number of para-hydroxylation sites is 2. The first-order valence-corrected chi connectivity index (χ1v) is 7.84. The highest BCUT2D eigenvalue weighted by Crippen LogP contribution is 2.18. The molecular formula is C17H27N3. The van der Waals surface area contributed by atoms with Gasteiger partial charge in [-0.1, -0.05) is 39.8 Å². The predicted molar refractivity (Wildman–Crippen MR) is 86.0 cm³/mol. The van der Waals surface area contributed by atoms with E-state index < -0.39 is 0 Å². The number of fused-ring (bicyclic) bond motifs is 1. The van der Waals surface area contributed by atoms with E-state index in [0.29, 0.717) is 12.0 Å². The van der Waals surface area contributed by atoms with Crippen molar-refractivity contribution in [3.8, 4) is 0 Å². The molecule has 0 saturated carbocycles. The third kappa shape index (κ3) is 3.21. The molecule has 0 aliphatic rings. The number of hydrogen-bond donors (Lipinski definition) is 1. The summed E-state index contributed by atoms with van der Waals surface area (Å²) in [5.41, 5.74) is 2.37. The van der Waals surface area contributed by atoms with Crippen molar-refractivity contribution < 1.29 is 0 Å². The largest absolute Gasteiger partial charge is 0.326 e. The Morgan fingerprint density at radius 2 is 1.95 bits per heavy atom. The average Bonchev–Trinajstić information content (AvgIpc) is 2.81. The van der Waals surface area contributed by atoms with Gasteiger partial charge < -0.3 is 9.88 Å². The average molecular weight is 273 g/mol. The molecule has 1 atom stereocenters. The van der Waals surface area contributed by atoms with Crippen molar-refractivity contribution in [2.45, 2.75) is 53.1 Å². The minimum atomic E-state index is 0.498. The summed E-state index contributed by atoms with van der Waals surface area (Å²) in [5.74, 6) is 1.81. The number of imidazole rings is 1. The summed E-state index contributed by atoms with van der Waals surface area (Å²) in [6.07, 6.45) is 2.15. The molecule has 1 aromatic heterocycles. The highest BCUT2D eigenvalue weighted by molar-refractivity contribution is 5.75. The molecule has 0 fully saturated rings. The predicted octanol–water partition coefficient (Wildman–Crippen LogP) is 3.62. The van der Waals surface area contributed by atoms with Gasteiger partial charge in [0.1, 0.15) is 5.82 Å². The Hall–Kier alpha value is -1.35. The number of benzene rings is 1. The lowest BCUT2D eigenvalue weighted by Gasteiger charge is -2.24. The van der Waals surface area contributed by atoms with Gasteiger partial charge in [0.2, 0.25) is 0 Å². The number of nitrogens with one attached hydrogen (secondary N) is 1. The molecular weight excluding hydrogens is 246 g/mol. The summed E-state index contributed by atoms with van der Waals surface area (Å²) >= 11 is 0. The van der Waals surface area contributed by atoms with E-state index in [-0.39, 0.29) is 0 Å². The first kappa shape index (κ1) is 15.0. The monoisotopic (exact) mass is 273 g/mol. The maximum Gasteiger partial charge on any atom is 0.109 e. The van der Waals surface area contributed by atoms with Crippen LogP contribution in [0.1, 0.15) is 39.9 Å². The molecule has 0 saturated heterocycles. The lowest BCUT2D eigenvalue weighted by molar-refractivity contribution is 0.356. The van der Waals surface area contributed by atoms with Crippen LogP contribution in [0, 0.1) is 5.92 Å². The van der Waals surface area contributed by atoms with Crippen LogP contribution in [0.4, 0.5) is 0 Å². The van der Waals surface area contributed by atoms with Crippen molar-refractivity contribution >= 4 is 11.0 Å². The fraction of sp³-hybridized carbons (Fsp3) is 0.588. The van der Waals surface area contributed by atoms with Crippen LogP contribution in [0.15, 0.2) is 24.3 Å². The first-order chi connectivity index (χ1) is 9.67. The molecule has 0 amide bonds. The van der Waals surface area contributed by atoms with Gasteiger partial charge in [-0.25, -0.2) is 4.98 Å². The van der Waals surface area contributed by atoms with Gasteiger partial charge in [0.25, 0.3) is 0 Å². The topological polar surface area (TPSA) is 29.9 Å². The number of aromatic nitrogens is 2. The minimum absolute atomic E-state index is 0.498.